The highest BCUT2D eigenvalue weighted by atomic mass is 14.4. The highest BCUT2D eigenvalue weighted by Gasteiger charge is 2.40. The van der Waals surface area contributed by atoms with Crippen LogP contribution in [-0.4, -0.2) is 0 Å². The third-order valence-electron chi connectivity index (χ3n) is 9.87. The molecule has 0 heteroatoms. The van der Waals surface area contributed by atoms with Crippen LogP contribution in [0.15, 0.2) is 127 Å². The molecule has 0 aromatic heterocycles. The van der Waals surface area contributed by atoms with Crippen molar-refractivity contribution in [2.75, 3.05) is 0 Å². The lowest BCUT2D eigenvalue weighted by molar-refractivity contribution is 0.490. The largest absolute Gasteiger partial charge is 0.0642 e. The highest BCUT2D eigenvalue weighted by molar-refractivity contribution is 6.22. The van der Waals surface area contributed by atoms with Crippen LogP contribution in [-0.2, 0) is 5.41 Å². The van der Waals surface area contributed by atoms with Crippen LogP contribution >= 0.6 is 0 Å². The predicted molar refractivity (Wildman–Crippen MR) is 181 cm³/mol. The van der Waals surface area contributed by atoms with E-state index in [2.05, 4.69) is 117 Å². The Hall–Kier alpha value is -4.68. The molecule has 0 spiro atoms. The van der Waals surface area contributed by atoms with Crippen molar-refractivity contribution in [1.82, 2.24) is 0 Å². The molecule has 8 rings (SSSR count). The van der Waals surface area contributed by atoms with Gasteiger partial charge in [-0.15, -0.1) is 0 Å². The number of benzene rings is 7. The van der Waals surface area contributed by atoms with Crippen molar-refractivity contribution in [3.63, 3.8) is 0 Å². The lowest BCUT2D eigenvalue weighted by atomic mass is 9.73. The maximum atomic E-state index is 8.33. The summed E-state index contributed by atoms with van der Waals surface area (Å²) >= 11 is 0. The molecule has 0 saturated heterocycles. The Morgan fingerprint density at radius 2 is 1.07 bits per heavy atom. The summed E-state index contributed by atoms with van der Waals surface area (Å²) in [5.74, 6) is 0. The fourth-order valence-corrected chi connectivity index (χ4v) is 7.87. The number of hydrogen-bond donors (Lipinski definition) is 0. The molecule has 0 atom stereocenters. The van der Waals surface area contributed by atoms with E-state index in [0.29, 0.717) is 5.56 Å². The summed E-state index contributed by atoms with van der Waals surface area (Å²) in [4.78, 5) is 0. The molecule has 0 amide bonds. The molecule has 7 aromatic rings. The van der Waals surface area contributed by atoms with Crippen LogP contribution in [0.1, 0.15) is 47.5 Å². The fourth-order valence-electron chi connectivity index (χ4n) is 7.87. The predicted octanol–water partition coefficient (Wildman–Crippen LogP) is 11.9. The topological polar surface area (TPSA) is 0 Å². The molecule has 1 aliphatic carbocycles. The van der Waals surface area contributed by atoms with Gasteiger partial charge in [0.05, 0.1) is 0 Å². The summed E-state index contributed by atoms with van der Waals surface area (Å²) in [6, 6.07) is 45.0. The molecule has 1 aliphatic rings. The van der Waals surface area contributed by atoms with Gasteiger partial charge >= 0.3 is 0 Å². The van der Waals surface area contributed by atoms with Gasteiger partial charge < -0.3 is 0 Å². The van der Waals surface area contributed by atoms with Gasteiger partial charge in [-0.3, -0.25) is 0 Å². The molecule has 0 heterocycles. The first kappa shape index (κ1) is 22.0. The minimum absolute atomic E-state index is 0.0212. The van der Waals surface area contributed by atoms with Crippen molar-refractivity contribution in [2.45, 2.75) is 39.0 Å². The molecule has 202 valence electrons. The minimum Gasteiger partial charge on any atom is -0.0642 e. The number of aryl methyl sites for hydroxylation is 1. The van der Waals surface area contributed by atoms with Gasteiger partial charge in [-0.25, -0.2) is 0 Å². The Morgan fingerprint density at radius 1 is 0.500 bits per heavy atom. The third kappa shape index (κ3) is 3.36. The van der Waals surface area contributed by atoms with Crippen molar-refractivity contribution in [2.24, 2.45) is 0 Å². The van der Waals surface area contributed by atoms with Crippen LogP contribution in [0.2, 0.25) is 0 Å². The van der Waals surface area contributed by atoms with Crippen LogP contribution in [0.4, 0.5) is 0 Å². The Bertz CT molecular complexity index is 2230. The Morgan fingerprint density at radius 3 is 1.74 bits per heavy atom. The molecule has 0 unspecified atom stereocenters. The molecule has 0 radical (unpaired) electrons. The first-order chi connectivity index (χ1) is 21.9. The van der Waals surface area contributed by atoms with Gasteiger partial charge in [0.1, 0.15) is 0 Å². The first-order valence-electron chi connectivity index (χ1n) is 16.6. The zero-order valence-electron chi connectivity index (χ0n) is 27.0. The second kappa shape index (κ2) is 9.43. The summed E-state index contributed by atoms with van der Waals surface area (Å²) in [7, 11) is 0. The summed E-state index contributed by atoms with van der Waals surface area (Å²) < 4.78 is 25.0. The lowest BCUT2D eigenvalue weighted by Gasteiger charge is -2.29. The molecule has 42 heavy (non-hydrogen) atoms. The van der Waals surface area contributed by atoms with Gasteiger partial charge in [0.15, 0.2) is 0 Å². The van der Waals surface area contributed by atoms with Gasteiger partial charge in [-0.1, -0.05) is 135 Å². The van der Waals surface area contributed by atoms with Crippen molar-refractivity contribution < 1.29 is 4.11 Å². The molecule has 7 aromatic carbocycles. The van der Waals surface area contributed by atoms with Gasteiger partial charge in [0.25, 0.3) is 0 Å². The van der Waals surface area contributed by atoms with Crippen molar-refractivity contribution in [1.29, 1.82) is 0 Å². The molecule has 0 fully saturated rings. The number of fused-ring (bicyclic) bond motifs is 7. The van der Waals surface area contributed by atoms with E-state index in [0.717, 1.165) is 45.5 Å². The zero-order valence-corrected chi connectivity index (χ0v) is 24.0. The van der Waals surface area contributed by atoms with Crippen LogP contribution in [0, 0.1) is 6.85 Å². The van der Waals surface area contributed by atoms with Crippen LogP contribution in [0.5, 0.6) is 0 Å². The summed E-state index contributed by atoms with van der Waals surface area (Å²) in [5, 5.41) is 6.88. The Balaban J connectivity index is 1.47. The molecule has 0 nitrogen and oxygen atoms in total. The molecular weight excluding hydrogens is 504 g/mol. The first-order valence-corrected chi connectivity index (χ1v) is 15.1. The summed E-state index contributed by atoms with van der Waals surface area (Å²) in [6.45, 7) is 2.42. The number of hydrogen-bond acceptors (Lipinski definition) is 0. The monoisotopic (exact) mass is 541 g/mol. The second-order valence-electron chi connectivity index (χ2n) is 11.6. The van der Waals surface area contributed by atoms with Crippen LogP contribution in [0.3, 0.4) is 0 Å². The van der Waals surface area contributed by atoms with E-state index in [1.54, 1.807) is 6.07 Å². The normalized spacial score (nSPS) is 14.9. The van der Waals surface area contributed by atoms with E-state index in [1.807, 2.05) is 18.2 Å². The van der Waals surface area contributed by atoms with Gasteiger partial charge in [0.2, 0.25) is 0 Å². The van der Waals surface area contributed by atoms with Crippen molar-refractivity contribution in [3.8, 4) is 33.4 Å². The number of rotatable bonds is 4. The Kier molecular flexibility index (Phi) is 4.94. The Labute approximate surface area is 252 Å². The van der Waals surface area contributed by atoms with Crippen molar-refractivity contribution in [3.05, 3.63) is 144 Å². The van der Waals surface area contributed by atoms with Gasteiger partial charge in [0, 0.05) is 9.53 Å². The van der Waals surface area contributed by atoms with E-state index in [1.165, 1.54) is 44.2 Å². The van der Waals surface area contributed by atoms with E-state index in [9.17, 15) is 0 Å². The highest BCUT2D eigenvalue weighted by Crippen LogP contribution is 2.55. The molecular formula is C42H34. The fraction of sp³-hybridized carbons (Fsp3) is 0.143. The van der Waals surface area contributed by atoms with E-state index < -0.39 is 6.85 Å². The minimum atomic E-state index is -2.22. The lowest BCUT2D eigenvalue weighted by Crippen LogP contribution is -2.22. The maximum absolute atomic E-state index is 8.33. The molecule has 0 bridgehead atoms. The quantitative estimate of drug-likeness (QED) is 0.194. The molecule has 0 aliphatic heterocycles. The average molecular weight is 542 g/mol. The summed E-state index contributed by atoms with van der Waals surface area (Å²) in [6.07, 6.45) is 2.13. The standard InChI is InChI=1S/C42H34/c1-4-42(5-2)37-21-13-12-20-35(37)41-36-26-29(23-22-28(36)24-25-38(41)42)39-31-16-8-10-18-33(31)40(30-15-7-6-14-27(30)3)34-19-11-9-17-32(34)39/h6-26H,4-5H2,1-3H3/i3D3. The smallest absolute Gasteiger partial charge is 0.0280 e. The second-order valence-corrected chi connectivity index (χ2v) is 11.6. The SMILES string of the molecule is [2H]C([2H])([2H])c1ccccc1-c1c2ccccc2c(-c2ccc3ccc4c(c3c2)-c2ccccc2C4(CC)CC)c2ccccc12. The third-order valence-corrected chi connectivity index (χ3v) is 9.87. The summed E-state index contributed by atoms with van der Waals surface area (Å²) in [5.41, 5.74) is 10.1. The van der Waals surface area contributed by atoms with E-state index >= 15 is 0 Å². The van der Waals surface area contributed by atoms with E-state index in [4.69, 9.17) is 4.11 Å². The molecule has 0 N–H and O–H groups in total. The average Bonchev–Trinajstić information content (AvgIpc) is 3.37. The van der Waals surface area contributed by atoms with Gasteiger partial charge in [-0.2, -0.15) is 0 Å². The van der Waals surface area contributed by atoms with Gasteiger partial charge in [-0.05, 0) is 108 Å². The van der Waals surface area contributed by atoms with E-state index in [-0.39, 0.29) is 5.41 Å². The zero-order chi connectivity index (χ0) is 30.9. The molecule has 0 saturated carbocycles. The maximum Gasteiger partial charge on any atom is 0.0280 e. The van der Waals surface area contributed by atoms with Crippen LogP contribution in [0.25, 0.3) is 65.7 Å². The van der Waals surface area contributed by atoms with Crippen LogP contribution < -0.4 is 0 Å². The van der Waals surface area contributed by atoms with Crippen molar-refractivity contribution >= 4 is 32.3 Å².